The minimum Gasteiger partial charge on any atom is -0.326 e. The van der Waals surface area contributed by atoms with Crippen LogP contribution in [0.1, 0.15) is 43.7 Å². The van der Waals surface area contributed by atoms with Crippen molar-refractivity contribution in [2.75, 3.05) is 23.3 Å². The van der Waals surface area contributed by atoms with Crippen molar-refractivity contribution in [3.8, 4) is 0 Å². The summed E-state index contributed by atoms with van der Waals surface area (Å²) < 4.78 is 41.7. The fraction of sp³-hybridized carbons (Fsp3) is 0.462. The van der Waals surface area contributed by atoms with E-state index in [1.54, 1.807) is 25.1 Å². The smallest absolute Gasteiger partial charge is 0.243 e. The van der Waals surface area contributed by atoms with E-state index in [1.807, 2.05) is 11.8 Å². The van der Waals surface area contributed by atoms with Gasteiger partial charge in [0.1, 0.15) is 5.82 Å². The molecule has 0 radical (unpaired) electrons. The van der Waals surface area contributed by atoms with E-state index in [9.17, 15) is 22.4 Å². The maximum absolute atomic E-state index is 13.5. The highest BCUT2D eigenvalue weighted by Gasteiger charge is 2.40. The number of piperidine rings is 1. The zero-order valence-corrected chi connectivity index (χ0v) is 20.8. The van der Waals surface area contributed by atoms with Crippen LogP contribution in [0.2, 0.25) is 0 Å². The number of halogens is 1. The van der Waals surface area contributed by atoms with Gasteiger partial charge >= 0.3 is 0 Å². The van der Waals surface area contributed by atoms with Crippen LogP contribution in [0.3, 0.4) is 0 Å². The number of carbonyl (C=O) groups excluding carboxylic acids is 2. The Morgan fingerprint density at radius 1 is 1.06 bits per heavy atom. The number of nitrogens with one attached hydrogen (secondary N) is 1. The Bertz CT molecular complexity index is 1290. The lowest BCUT2D eigenvalue weighted by Crippen LogP contribution is -2.43. The summed E-state index contributed by atoms with van der Waals surface area (Å²) in [5.41, 5.74) is 2.80. The molecule has 2 aliphatic heterocycles. The minimum absolute atomic E-state index is 0.00837. The molecule has 1 N–H and O–H groups in total. The Hall–Kier alpha value is -2.78. The molecule has 1 saturated heterocycles. The molecule has 35 heavy (non-hydrogen) atoms. The molecule has 2 fully saturated rings. The predicted octanol–water partition coefficient (Wildman–Crippen LogP) is 3.86. The molecule has 3 aliphatic rings. The molecule has 2 atom stereocenters. The lowest BCUT2D eigenvalue weighted by atomic mass is 9.98. The van der Waals surface area contributed by atoms with Gasteiger partial charge in [-0.1, -0.05) is 0 Å². The molecule has 2 aromatic rings. The van der Waals surface area contributed by atoms with Crippen molar-refractivity contribution in [3.05, 3.63) is 53.3 Å². The normalized spacial score (nSPS) is 22.7. The first-order valence-corrected chi connectivity index (χ1v) is 13.6. The number of nitrogens with zero attached hydrogens (tertiary/aromatic N) is 2. The van der Waals surface area contributed by atoms with E-state index in [0.29, 0.717) is 37.1 Å². The largest absolute Gasteiger partial charge is 0.326 e. The monoisotopic (exact) mass is 499 g/mol. The lowest BCUT2D eigenvalue weighted by molar-refractivity contribution is -0.121. The molecule has 0 aromatic heterocycles. The highest BCUT2D eigenvalue weighted by atomic mass is 32.2. The molecule has 1 aliphatic carbocycles. The van der Waals surface area contributed by atoms with Gasteiger partial charge in [-0.15, -0.1) is 0 Å². The lowest BCUT2D eigenvalue weighted by Gasteiger charge is -2.31. The summed E-state index contributed by atoms with van der Waals surface area (Å²) in [6.45, 7) is 4.14. The van der Waals surface area contributed by atoms with Gasteiger partial charge in [-0.2, -0.15) is 4.31 Å². The second-order valence-corrected chi connectivity index (χ2v) is 11.9. The molecule has 0 bridgehead atoms. The molecular weight excluding hydrogens is 469 g/mol. The van der Waals surface area contributed by atoms with Crippen molar-refractivity contribution in [2.24, 2.45) is 11.8 Å². The second kappa shape index (κ2) is 9.02. The second-order valence-electron chi connectivity index (χ2n) is 9.98. The van der Waals surface area contributed by atoms with Crippen LogP contribution in [-0.2, 0) is 26.0 Å². The van der Waals surface area contributed by atoms with Crippen LogP contribution < -0.4 is 10.2 Å². The molecule has 186 valence electrons. The van der Waals surface area contributed by atoms with Crippen LogP contribution in [0.25, 0.3) is 0 Å². The third kappa shape index (κ3) is 4.59. The molecule has 9 heteroatoms. The molecule has 7 nitrogen and oxygen atoms in total. The van der Waals surface area contributed by atoms with Gasteiger partial charge in [0, 0.05) is 36.4 Å². The minimum atomic E-state index is -3.80. The first-order chi connectivity index (χ1) is 16.6. The number of anilines is 2. The van der Waals surface area contributed by atoms with Gasteiger partial charge in [0.05, 0.1) is 10.8 Å². The number of aryl methyl sites for hydroxylation is 1. The Kier molecular flexibility index (Phi) is 6.17. The number of rotatable bonds is 5. The molecule has 1 saturated carbocycles. The first kappa shape index (κ1) is 23.9. The van der Waals surface area contributed by atoms with Crippen molar-refractivity contribution in [1.29, 1.82) is 0 Å². The zero-order valence-electron chi connectivity index (χ0n) is 20.0. The van der Waals surface area contributed by atoms with Crippen LogP contribution in [0.4, 0.5) is 15.8 Å². The maximum Gasteiger partial charge on any atom is 0.243 e. The SMILES string of the molecule is Cc1cc(F)ccc1NC(=O)[C@@H]1CCCN(S(=O)(=O)c2ccc3c(c2)C[C@H](C)N3C(=O)C2CC2)C1. The third-order valence-electron chi connectivity index (χ3n) is 7.27. The van der Waals surface area contributed by atoms with Crippen LogP contribution in [0.15, 0.2) is 41.3 Å². The summed E-state index contributed by atoms with van der Waals surface area (Å²) in [6.07, 6.45) is 3.63. The number of benzene rings is 2. The number of amides is 2. The number of sulfonamides is 1. The quantitative estimate of drug-likeness (QED) is 0.677. The molecule has 0 spiro atoms. The topological polar surface area (TPSA) is 86.8 Å². The van der Waals surface area contributed by atoms with Gasteiger partial charge < -0.3 is 10.2 Å². The van der Waals surface area contributed by atoms with E-state index in [4.69, 9.17) is 0 Å². The van der Waals surface area contributed by atoms with Crippen LogP contribution in [0.5, 0.6) is 0 Å². The van der Waals surface area contributed by atoms with Gasteiger partial charge in [0.25, 0.3) is 0 Å². The predicted molar refractivity (Wildman–Crippen MR) is 131 cm³/mol. The average Bonchev–Trinajstić information content (AvgIpc) is 3.62. The summed E-state index contributed by atoms with van der Waals surface area (Å²) in [4.78, 5) is 27.6. The number of carbonyl (C=O) groups is 2. The molecule has 0 unspecified atom stereocenters. The highest BCUT2D eigenvalue weighted by Crippen LogP contribution is 2.40. The summed E-state index contributed by atoms with van der Waals surface area (Å²) in [7, 11) is -3.80. The number of hydrogen-bond acceptors (Lipinski definition) is 4. The van der Waals surface area contributed by atoms with Gasteiger partial charge in [-0.25, -0.2) is 12.8 Å². The van der Waals surface area contributed by atoms with Gasteiger partial charge in [0.2, 0.25) is 21.8 Å². The Morgan fingerprint density at radius 3 is 2.54 bits per heavy atom. The highest BCUT2D eigenvalue weighted by molar-refractivity contribution is 7.89. The van der Waals surface area contributed by atoms with Gasteiger partial charge in [0.15, 0.2) is 0 Å². The standard InChI is InChI=1S/C26H30FN3O4S/c1-16-12-21(27)7-9-23(16)28-25(31)19-4-3-11-29(15-19)35(33,34)22-8-10-24-20(14-22)13-17(2)30(24)26(32)18-5-6-18/h7-10,12,14,17-19H,3-6,11,13,15H2,1-2H3,(H,28,31)/t17-,19+/m0/s1. The average molecular weight is 500 g/mol. The molecule has 2 amide bonds. The van der Waals surface area contributed by atoms with E-state index < -0.39 is 15.9 Å². The Morgan fingerprint density at radius 2 is 1.83 bits per heavy atom. The summed E-state index contributed by atoms with van der Waals surface area (Å²) in [5, 5.41) is 2.82. The Balaban J connectivity index is 1.32. The van der Waals surface area contributed by atoms with Crippen molar-refractivity contribution >= 4 is 33.2 Å². The Labute approximate surface area is 205 Å². The van der Waals surface area contributed by atoms with Crippen LogP contribution >= 0.6 is 0 Å². The van der Waals surface area contributed by atoms with E-state index in [2.05, 4.69) is 5.32 Å². The van der Waals surface area contributed by atoms with E-state index in [-0.39, 0.29) is 41.0 Å². The molecule has 2 aromatic carbocycles. The first-order valence-electron chi connectivity index (χ1n) is 12.2. The van der Waals surface area contributed by atoms with Crippen molar-refractivity contribution in [3.63, 3.8) is 0 Å². The third-order valence-corrected chi connectivity index (χ3v) is 9.13. The van der Waals surface area contributed by atoms with Crippen molar-refractivity contribution in [2.45, 2.75) is 56.9 Å². The number of fused-ring (bicyclic) bond motifs is 1. The van der Waals surface area contributed by atoms with Gasteiger partial charge in [-0.05, 0) is 93.5 Å². The van der Waals surface area contributed by atoms with E-state index in [0.717, 1.165) is 24.1 Å². The van der Waals surface area contributed by atoms with Crippen LogP contribution in [0, 0.1) is 24.6 Å². The van der Waals surface area contributed by atoms with E-state index >= 15 is 0 Å². The van der Waals surface area contributed by atoms with Crippen molar-refractivity contribution in [1.82, 2.24) is 4.31 Å². The van der Waals surface area contributed by atoms with Crippen molar-refractivity contribution < 1.29 is 22.4 Å². The van der Waals surface area contributed by atoms with Gasteiger partial charge in [-0.3, -0.25) is 9.59 Å². The fourth-order valence-corrected chi connectivity index (χ4v) is 6.73. The number of hydrogen-bond donors (Lipinski definition) is 1. The molecular formula is C26H30FN3O4S. The summed E-state index contributed by atoms with van der Waals surface area (Å²) in [5.74, 6) is -0.907. The molecule has 2 heterocycles. The van der Waals surface area contributed by atoms with Crippen LogP contribution in [-0.4, -0.2) is 43.7 Å². The summed E-state index contributed by atoms with van der Waals surface area (Å²) >= 11 is 0. The molecule has 5 rings (SSSR count). The maximum atomic E-state index is 13.5. The fourth-order valence-electron chi connectivity index (χ4n) is 5.16. The summed E-state index contributed by atoms with van der Waals surface area (Å²) in [6, 6.07) is 9.17. The van der Waals surface area contributed by atoms with E-state index in [1.165, 1.54) is 22.5 Å². The zero-order chi connectivity index (χ0) is 24.9.